The number of nitrogens with zero attached hydrogens (tertiary/aromatic N) is 2. The van der Waals surface area contributed by atoms with Crippen molar-refractivity contribution in [2.24, 2.45) is 0 Å². The van der Waals surface area contributed by atoms with Crippen molar-refractivity contribution in [3.63, 3.8) is 0 Å². The minimum atomic E-state index is -1.00. The molecule has 7 nitrogen and oxygen atoms in total. The number of pyridine rings is 1. The van der Waals surface area contributed by atoms with Crippen LogP contribution in [0, 0.1) is 6.92 Å². The molecule has 0 unspecified atom stereocenters. The van der Waals surface area contributed by atoms with Crippen molar-refractivity contribution in [2.75, 3.05) is 0 Å². The lowest BCUT2D eigenvalue weighted by atomic mass is 10.2. The van der Waals surface area contributed by atoms with Gasteiger partial charge in [0.25, 0.3) is 0 Å². The van der Waals surface area contributed by atoms with Crippen molar-refractivity contribution in [3.8, 4) is 5.75 Å². The van der Waals surface area contributed by atoms with Crippen LogP contribution >= 0.6 is 11.6 Å². The van der Waals surface area contributed by atoms with Gasteiger partial charge in [-0.1, -0.05) is 11.6 Å². The third kappa shape index (κ3) is 3.72. The molecule has 136 valence electrons. The Bertz CT molecular complexity index is 1020. The number of carboxylic acid groups (broad SMARTS) is 1. The van der Waals surface area contributed by atoms with Gasteiger partial charge in [0.05, 0.1) is 22.7 Å². The highest BCUT2D eigenvalue weighted by Crippen LogP contribution is 2.33. The molecule has 0 aliphatic carbocycles. The van der Waals surface area contributed by atoms with Crippen LogP contribution in [0.3, 0.4) is 0 Å². The number of fused-ring (bicyclic) bond motifs is 1. The second-order valence-corrected chi connectivity index (χ2v) is 6.34. The number of carboxylic acids is 1. The minimum Gasteiger partial charge on any atom is -0.483 e. The van der Waals surface area contributed by atoms with Crippen molar-refractivity contribution in [1.82, 2.24) is 9.55 Å². The van der Waals surface area contributed by atoms with E-state index in [1.165, 1.54) is 16.7 Å². The van der Waals surface area contributed by atoms with E-state index in [4.69, 9.17) is 25.9 Å². The molecule has 0 saturated carbocycles. The summed E-state index contributed by atoms with van der Waals surface area (Å²) in [5, 5.41) is 9.10. The number of ether oxygens (including phenoxy) is 1. The molecule has 0 aliphatic rings. The molecule has 26 heavy (non-hydrogen) atoms. The lowest BCUT2D eigenvalue weighted by Gasteiger charge is -2.15. The molecule has 8 heteroatoms. The van der Waals surface area contributed by atoms with Gasteiger partial charge in [0.2, 0.25) is 0 Å². The van der Waals surface area contributed by atoms with Crippen LogP contribution in [0.1, 0.15) is 30.7 Å². The van der Waals surface area contributed by atoms with Crippen molar-refractivity contribution >= 4 is 28.7 Å². The second-order valence-electron chi connectivity index (χ2n) is 5.93. The zero-order valence-corrected chi connectivity index (χ0v) is 15.0. The van der Waals surface area contributed by atoms with Gasteiger partial charge in [-0.25, -0.2) is 4.79 Å². The Labute approximate surface area is 153 Å². The normalized spacial score (nSPS) is 12.3. The minimum absolute atomic E-state index is 0.00130. The molecule has 0 radical (unpaired) electrons. The summed E-state index contributed by atoms with van der Waals surface area (Å²) in [6, 6.07) is 6.88. The van der Waals surface area contributed by atoms with Gasteiger partial charge < -0.3 is 14.3 Å². The van der Waals surface area contributed by atoms with Gasteiger partial charge in [-0.15, -0.1) is 0 Å². The van der Waals surface area contributed by atoms with Crippen LogP contribution < -0.4 is 10.5 Å². The van der Waals surface area contributed by atoms with Crippen molar-refractivity contribution in [2.45, 2.75) is 32.9 Å². The van der Waals surface area contributed by atoms with Gasteiger partial charge in [-0.2, -0.15) is 0 Å². The summed E-state index contributed by atoms with van der Waals surface area (Å²) in [6.07, 6.45) is 1.16. The van der Waals surface area contributed by atoms with Crippen LogP contribution in [0.5, 0.6) is 5.75 Å². The highest BCUT2D eigenvalue weighted by molar-refractivity contribution is 6.32. The van der Waals surface area contributed by atoms with Crippen LogP contribution in [-0.2, 0) is 11.3 Å². The number of aryl methyl sites for hydroxylation is 2. The summed E-state index contributed by atoms with van der Waals surface area (Å²) in [5.41, 5.74) is 2.52. The summed E-state index contributed by atoms with van der Waals surface area (Å²) >= 11 is 6.29. The molecule has 0 bridgehead atoms. The molecule has 3 rings (SSSR count). The highest BCUT2D eigenvalue weighted by atomic mass is 35.5. The van der Waals surface area contributed by atoms with E-state index < -0.39 is 11.7 Å². The number of oxazole rings is 1. The molecule has 1 N–H and O–H groups in total. The van der Waals surface area contributed by atoms with Gasteiger partial charge in [0.1, 0.15) is 11.9 Å². The summed E-state index contributed by atoms with van der Waals surface area (Å²) in [7, 11) is 0. The average molecular weight is 377 g/mol. The number of halogens is 1. The van der Waals surface area contributed by atoms with Crippen molar-refractivity contribution in [3.05, 3.63) is 57.3 Å². The SMILES string of the molecule is Cc1ccnc([C@@H](C)Oc2cc3oc(=O)n(CCC(=O)O)c3cc2Cl)c1. The quantitative estimate of drug-likeness (QED) is 0.706. The van der Waals surface area contributed by atoms with Crippen LogP contribution in [-0.4, -0.2) is 20.6 Å². The molecule has 3 aromatic rings. The number of carbonyl (C=O) groups is 1. The Morgan fingerprint density at radius 1 is 1.42 bits per heavy atom. The van der Waals surface area contributed by atoms with E-state index in [1.54, 1.807) is 6.20 Å². The second kappa shape index (κ2) is 7.21. The van der Waals surface area contributed by atoms with E-state index in [0.717, 1.165) is 11.3 Å². The first-order valence-electron chi connectivity index (χ1n) is 7.99. The maximum atomic E-state index is 12.0. The third-order valence-corrected chi connectivity index (χ3v) is 4.22. The maximum Gasteiger partial charge on any atom is 0.419 e. The predicted octanol–water partition coefficient (Wildman–Crippen LogP) is 3.57. The lowest BCUT2D eigenvalue weighted by Crippen LogP contribution is -2.16. The van der Waals surface area contributed by atoms with E-state index in [1.807, 2.05) is 26.0 Å². The zero-order valence-electron chi connectivity index (χ0n) is 14.2. The van der Waals surface area contributed by atoms with Gasteiger partial charge >= 0.3 is 11.7 Å². The van der Waals surface area contributed by atoms with Crippen LogP contribution in [0.15, 0.2) is 39.7 Å². The molecule has 1 aromatic carbocycles. The number of hydrogen-bond donors (Lipinski definition) is 1. The highest BCUT2D eigenvalue weighted by Gasteiger charge is 2.17. The molecular formula is C18H17ClN2O5. The Kier molecular flexibility index (Phi) is 4.99. The van der Waals surface area contributed by atoms with E-state index in [-0.39, 0.29) is 24.7 Å². The van der Waals surface area contributed by atoms with E-state index in [2.05, 4.69) is 4.98 Å². The first-order valence-corrected chi connectivity index (χ1v) is 8.37. The summed E-state index contributed by atoms with van der Waals surface area (Å²) in [6.45, 7) is 3.81. The molecule has 1 atom stereocenters. The van der Waals surface area contributed by atoms with Crippen molar-refractivity contribution in [1.29, 1.82) is 0 Å². The number of hydrogen-bond acceptors (Lipinski definition) is 5. The monoisotopic (exact) mass is 376 g/mol. The van der Waals surface area contributed by atoms with E-state index >= 15 is 0 Å². The lowest BCUT2D eigenvalue weighted by molar-refractivity contribution is -0.137. The molecule has 0 amide bonds. The fourth-order valence-electron chi connectivity index (χ4n) is 2.61. The fourth-order valence-corrected chi connectivity index (χ4v) is 2.81. The summed E-state index contributed by atoms with van der Waals surface area (Å²) in [4.78, 5) is 27.0. The van der Waals surface area contributed by atoms with Gasteiger partial charge in [0, 0.05) is 18.8 Å². The molecule has 2 heterocycles. The number of aliphatic carboxylic acids is 1. The molecule has 0 aliphatic heterocycles. The Morgan fingerprint density at radius 3 is 2.88 bits per heavy atom. The first-order chi connectivity index (χ1) is 12.3. The maximum absolute atomic E-state index is 12.0. The van der Waals surface area contributed by atoms with E-state index in [9.17, 15) is 9.59 Å². The van der Waals surface area contributed by atoms with Gasteiger partial charge in [0.15, 0.2) is 5.58 Å². The standard InChI is InChI=1S/C18H17ClN2O5/c1-10-3-5-20-13(7-10)11(2)25-15-9-16-14(8-12(15)19)21(18(24)26-16)6-4-17(22)23/h3,5,7-9,11H,4,6H2,1-2H3,(H,22,23)/t11-/m1/s1. The first kappa shape index (κ1) is 18.0. The Balaban J connectivity index is 1.92. The Morgan fingerprint density at radius 2 is 2.19 bits per heavy atom. The summed E-state index contributed by atoms with van der Waals surface area (Å²) in [5.74, 6) is -1.28. The summed E-state index contributed by atoms with van der Waals surface area (Å²) < 4.78 is 12.3. The van der Waals surface area contributed by atoms with Crippen LogP contribution in [0.4, 0.5) is 0 Å². The molecule has 0 spiro atoms. The average Bonchev–Trinajstić information content (AvgIpc) is 2.87. The predicted molar refractivity (Wildman–Crippen MR) is 95.8 cm³/mol. The number of benzene rings is 1. The third-order valence-electron chi connectivity index (χ3n) is 3.93. The topological polar surface area (TPSA) is 94.6 Å². The van der Waals surface area contributed by atoms with Crippen LogP contribution in [0.25, 0.3) is 11.1 Å². The van der Waals surface area contributed by atoms with Gasteiger partial charge in [-0.3, -0.25) is 14.3 Å². The molecule has 0 saturated heterocycles. The number of rotatable bonds is 6. The van der Waals surface area contributed by atoms with Gasteiger partial charge in [-0.05, 0) is 37.6 Å². The Hall–Kier alpha value is -2.80. The van der Waals surface area contributed by atoms with Crippen molar-refractivity contribution < 1.29 is 19.1 Å². The smallest absolute Gasteiger partial charge is 0.419 e. The molecule has 2 aromatic heterocycles. The van der Waals surface area contributed by atoms with E-state index in [0.29, 0.717) is 16.3 Å². The zero-order chi connectivity index (χ0) is 18.8. The largest absolute Gasteiger partial charge is 0.483 e. The molecular weight excluding hydrogens is 360 g/mol. The van der Waals surface area contributed by atoms with Crippen LogP contribution in [0.2, 0.25) is 5.02 Å². The number of aromatic nitrogens is 2. The molecule has 0 fully saturated rings. The fraction of sp³-hybridized carbons (Fsp3) is 0.278.